The number of nitrogens with zero attached hydrogens (tertiary/aromatic N) is 1. The number of morpholine rings is 1. The molecule has 110 valence electrons. The summed E-state index contributed by atoms with van der Waals surface area (Å²) in [6.45, 7) is 1.99. The maximum Gasteiger partial charge on any atom is 0.249 e. The van der Waals surface area contributed by atoms with Gasteiger partial charge in [0.1, 0.15) is 12.4 Å². The van der Waals surface area contributed by atoms with Gasteiger partial charge in [-0.25, -0.2) is 0 Å². The molecule has 2 rings (SSSR count). The van der Waals surface area contributed by atoms with E-state index in [1.165, 1.54) is 0 Å². The summed E-state index contributed by atoms with van der Waals surface area (Å²) in [4.78, 5) is 14.0. The van der Waals surface area contributed by atoms with E-state index in [1.54, 1.807) is 7.11 Å². The normalized spacial score (nSPS) is 19.2. The van der Waals surface area contributed by atoms with E-state index >= 15 is 0 Å². The standard InChI is InChI=1S/C15H22N2O3/c1-19-14-6-2-4-12(8-14)9-17-13(5-3-7-16)10-20-11-15(17)18/h2,4,6,8,13H,3,5,7,9-11,16H2,1H3. The molecule has 0 aliphatic carbocycles. The van der Waals surface area contributed by atoms with Crippen molar-refractivity contribution in [3.05, 3.63) is 29.8 Å². The molecule has 1 heterocycles. The summed E-state index contributed by atoms with van der Waals surface area (Å²) in [5, 5.41) is 0. The fourth-order valence-electron chi connectivity index (χ4n) is 2.44. The minimum absolute atomic E-state index is 0.0427. The lowest BCUT2D eigenvalue weighted by atomic mass is 10.1. The Balaban J connectivity index is 2.07. The minimum Gasteiger partial charge on any atom is -0.497 e. The molecule has 1 aliphatic rings. The third-order valence-corrected chi connectivity index (χ3v) is 3.53. The number of amides is 1. The number of nitrogens with two attached hydrogens (primary N) is 1. The van der Waals surface area contributed by atoms with Gasteiger partial charge in [0, 0.05) is 6.54 Å². The number of hydrogen-bond donors (Lipinski definition) is 1. The molecule has 5 nitrogen and oxygen atoms in total. The molecule has 2 N–H and O–H groups in total. The van der Waals surface area contributed by atoms with E-state index in [0.717, 1.165) is 24.2 Å². The summed E-state index contributed by atoms with van der Waals surface area (Å²) < 4.78 is 10.6. The van der Waals surface area contributed by atoms with Gasteiger partial charge in [-0.1, -0.05) is 12.1 Å². The number of methoxy groups -OCH3 is 1. The minimum atomic E-state index is 0.0427. The first-order valence-electron chi connectivity index (χ1n) is 6.95. The van der Waals surface area contributed by atoms with E-state index in [-0.39, 0.29) is 18.6 Å². The van der Waals surface area contributed by atoms with Crippen LogP contribution in [0.4, 0.5) is 0 Å². The van der Waals surface area contributed by atoms with Crippen molar-refractivity contribution < 1.29 is 14.3 Å². The average molecular weight is 278 g/mol. The van der Waals surface area contributed by atoms with Gasteiger partial charge in [0.25, 0.3) is 0 Å². The van der Waals surface area contributed by atoms with E-state index < -0.39 is 0 Å². The fraction of sp³-hybridized carbons (Fsp3) is 0.533. The van der Waals surface area contributed by atoms with Crippen molar-refractivity contribution in [2.75, 3.05) is 26.9 Å². The molecule has 5 heteroatoms. The van der Waals surface area contributed by atoms with E-state index in [2.05, 4.69) is 0 Å². The van der Waals surface area contributed by atoms with Crippen molar-refractivity contribution in [2.24, 2.45) is 5.73 Å². The van der Waals surface area contributed by atoms with Gasteiger partial charge >= 0.3 is 0 Å². The second kappa shape index (κ2) is 7.26. The van der Waals surface area contributed by atoms with Crippen LogP contribution in [0.25, 0.3) is 0 Å². The summed E-state index contributed by atoms with van der Waals surface area (Å²) in [6.07, 6.45) is 1.78. The number of benzene rings is 1. The van der Waals surface area contributed by atoms with E-state index in [9.17, 15) is 4.79 Å². The highest BCUT2D eigenvalue weighted by atomic mass is 16.5. The topological polar surface area (TPSA) is 64.8 Å². The number of hydrogen-bond acceptors (Lipinski definition) is 4. The molecule has 0 radical (unpaired) electrons. The Bertz CT molecular complexity index is 450. The largest absolute Gasteiger partial charge is 0.497 e. The van der Waals surface area contributed by atoms with E-state index in [0.29, 0.717) is 19.7 Å². The molecule has 1 saturated heterocycles. The highest BCUT2D eigenvalue weighted by Crippen LogP contribution is 2.19. The molecular formula is C15H22N2O3. The van der Waals surface area contributed by atoms with Crippen LogP contribution in [-0.4, -0.2) is 43.7 Å². The van der Waals surface area contributed by atoms with Crippen molar-refractivity contribution >= 4 is 5.91 Å². The number of ether oxygens (including phenoxy) is 2. The molecule has 1 unspecified atom stereocenters. The Morgan fingerprint density at radius 2 is 2.35 bits per heavy atom. The summed E-state index contributed by atoms with van der Waals surface area (Å²) in [6, 6.07) is 7.92. The van der Waals surface area contributed by atoms with Crippen LogP contribution in [0.15, 0.2) is 24.3 Å². The first-order valence-corrected chi connectivity index (χ1v) is 6.95. The molecule has 0 saturated carbocycles. The number of carbonyl (C=O) groups excluding carboxylic acids is 1. The highest BCUT2D eigenvalue weighted by molar-refractivity contribution is 5.78. The molecule has 0 bridgehead atoms. The van der Waals surface area contributed by atoms with Gasteiger partial charge in [0.2, 0.25) is 5.91 Å². The molecule has 1 fully saturated rings. The van der Waals surface area contributed by atoms with Gasteiger partial charge in [-0.3, -0.25) is 4.79 Å². The lowest BCUT2D eigenvalue weighted by molar-refractivity contribution is -0.149. The van der Waals surface area contributed by atoms with Crippen LogP contribution in [0.1, 0.15) is 18.4 Å². The lowest BCUT2D eigenvalue weighted by Crippen LogP contribution is -2.48. The van der Waals surface area contributed by atoms with Crippen LogP contribution in [0, 0.1) is 0 Å². The molecule has 20 heavy (non-hydrogen) atoms. The Morgan fingerprint density at radius 1 is 1.50 bits per heavy atom. The molecule has 0 spiro atoms. The summed E-state index contributed by atoms with van der Waals surface area (Å²) in [7, 11) is 1.64. The summed E-state index contributed by atoms with van der Waals surface area (Å²) >= 11 is 0. The van der Waals surface area contributed by atoms with Crippen molar-refractivity contribution in [1.82, 2.24) is 4.90 Å². The number of carbonyl (C=O) groups is 1. The zero-order valence-electron chi connectivity index (χ0n) is 11.9. The van der Waals surface area contributed by atoms with Gasteiger partial charge in [-0.2, -0.15) is 0 Å². The SMILES string of the molecule is COc1cccc(CN2C(=O)COCC2CCCN)c1. The van der Waals surface area contributed by atoms with Crippen LogP contribution in [0.2, 0.25) is 0 Å². The fourth-order valence-corrected chi connectivity index (χ4v) is 2.44. The van der Waals surface area contributed by atoms with E-state index in [4.69, 9.17) is 15.2 Å². The molecule has 1 aromatic carbocycles. The zero-order valence-corrected chi connectivity index (χ0v) is 11.9. The van der Waals surface area contributed by atoms with Gasteiger partial charge < -0.3 is 20.1 Å². The molecule has 1 aromatic rings. The monoisotopic (exact) mass is 278 g/mol. The highest BCUT2D eigenvalue weighted by Gasteiger charge is 2.28. The smallest absolute Gasteiger partial charge is 0.249 e. The van der Waals surface area contributed by atoms with Gasteiger partial charge in [0.15, 0.2) is 0 Å². The second-order valence-corrected chi connectivity index (χ2v) is 4.97. The molecule has 0 aromatic heterocycles. The van der Waals surface area contributed by atoms with Gasteiger partial charge in [-0.15, -0.1) is 0 Å². The predicted octanol–water partition coefficient (Wildman–Crippen LogP) is 1.16. The summed E-state index contributed by atoms with van der Waals surface area (Å²) in [5.74, 6) is 0.850. The average Bonchev–Trinajstić information content (AvgIpc) is 2.48. The van der Waals surface area contributed by atoms with E-state index in [1.807, 2.05) is 29.2 Å². The van der Waals surface area contributed by atoms with Crippen molar-refractivity contribution in [1.29, 1.82) is 0 Å². The number of rotatable bonds is 6. The van der Waals surface area contributed by atoms with Crippen molar-refractivity contribution in [3.63, 3.8) is 0 Å². The van der Waals surface area contributed by atoms with Crippen LogP contribution in [0.5, 0.6) is 5.75 Å². The van der Waals surface area contributed by atoms with Crippen molar-refractivity contribution in [3.8, 4) is 5.75 Å². The third-order valence-electron chi connectivity index (χ3n) is 3.53. The van der Waals surface area contributed by atoms with Crippen LogP contribution >= 0.6 is 0 Å². The molecule has 1 atom stereocenters. The second-order valence-electron chi connectivity index (χ2n) is 4.97. The predicted molar refractivity (Wildman–Crippen MR) is 76.4 cm³/mol. The maximum atomic E-state index is 12.1. The Kier molecular flexibility index (Phi) is 5.38. The van der Waals surface area contributed by atoms with Crippen LogP contribution in [-0.2, 0) is 16.1 Å². The Morgan fingerprint density at radius 3 is 3.10 bits per heavy atom. The van der Waals surface area contributed by atoms with Gasteiger partial charge in [0.05, 0.1) is 19.8 Å². The quantitative estimate of drug-likeness (QED) is 0.848. The first-order chi connectivity index (χ1) is 9.74. The Hall–Kier alpha value is -1.59. The zero-order chi connectivity index (χ0) is 14.4. The van der Waals surface area contributed by atoms with Crippen LogP contribution in [0.3, 0.4) is 0 Å². The van der Waals surface area contributed by atoms with Crippen LogP contribution < -0.4 is 10.5 Å². The van der Waals surface area contributed by atoms with Gasteiger partial charge in [-0.05, 0) is 37.1 Å². The Labute approximate surface area is 119 Å². The van der Waals surface area contributed by atoms with Crippen molar-refractivity contribution in [2.45, 2.75) is 25.4 Å². The molecule has 1 aliphatic heterocycles. The maximum absolute atomic E-state index is 12.1. The first kappa shape index (κ1) is 14.8. The summed E-state index contributed by atoms with van der Waals surface area (Å²) in [5.41, 5.74) is 6.62. The molecular weight excluding hydrogens is 256 g/mol. The third kappa shape index (κ3) is 3.71. The lowest BCUT2D eigenvalue weighted by Gasteiger charge is -2.35. The molecule has 1 amide bonds.